The summed E-state index contributed by atoms with van der Waals surface area (Å²) in [5.74, 6) is -3.61. The highest BCUT2D eigenvalue weighted by molar-refractivity contribution is 6.60. The molecule has 0 bridgehead atoms. The first kappa shape index (κ1) is 16.9. The molecule has 0 aromatic heterocycles. The maximum Gasteiger partial charge on any atom is 0.277 e. The van der Waals surface area contributed by atoms with E-state index in [2.05, 4.69) is 0 Å². The van der Waals surface area contributed by atoms with E-state index in [9.17, 15) is 18.4 Å². The number of hydrogen-bond donors (Lipinski definition) is 0. The van der Waals surface area contributed by atoms with Crippen LogP contribution in [0, 0.1) is 11.6 Å². The van der Waals surface area contributed by atoms with Gasteiger partial charge in [0.1, 0.15) is 16.7 Å². The topological polar surface area (TPSA) is 37.4 Å². The second-order valence-electron chi connectivity index (χ2n) is 4.85. The molecule has 2 amide bonds. The van der Waals surface area contributed by atoms with Gasteiger partial charge in [-0.3, -0.25) is 9.59 Å². The predicted molar refractivity (Wildman–Crippen MR) is 88.1 cm³/mol. The van der Waals surface area contributed by atoms with Crippen LogP contribution in [-0.2, 0) is 9.59 Å². The Balaban J connectivity index is 2.13. The number of hydrogen-bond acceptors (Lipinski definition) is 2. The maximum atomic E-state index is 13.9. The second-order valence-corrected chi connectivity index (χ2v) is 6.08. The molecule has 2 aromatic carbocycles. The summed E-state index contributed by atoms with van der Waals surface area (Å²) in [6, 6.07) is 6.67. The third-order valence-corrected chi connectivity index (χ3v) is 4.28. The highest BCUT2D eigenvalue weighted by Crippen LogP contribution is 2.39. The summed E-state index contributed by atoms with van der Waals surface area (Å²) in [7, 11) is 0. The Morgan fingerprint density at radius 3 is 2.25 bits per heavy atom. The van der Waals surface area contributed by atoms with Crippen molar-refractivity contribution in [1.82, 2.24) is 0 Å². The molecule has 3 rings (SSSR count). The first-order valence-corrected chi connectivity index (χ1v) is 7.63. The fraction of sp³-hybridized carbons (Fsp3) is 0. The van der Waals surface area contributed by atoms with Gasteiger partial charge in [-0.25, -0.2) is 13.7 Å². The van der Waals surface area contributed by atoms with Crippen molar-refractivity contribution in [2.75, 3.05) is 4.90 Å². The lowest BCUT2D eigenvalue weighted by Gasteiger charge is -2.16. The molecule has 3 nitrogen and oxygen atoms in total. The van der Waals surface area contributed by atoms with Gasteiger partial charge in [0.2, 0.25) is 0 Å². The Labute approximate surface area is 150 Å². The molecule has 0 radical (unpaired) electrons. The van der Waals surface area contributed by atoms with Crippen molar-refractivity contribution in [3.63, 3.8) is 0 Å². The van der Waals surface area contributed by atoms with Crippen LogP contribution in [0.5, 0.6) is 0 Å². The van der Waals surface area contributed by atoms with Crippen LogP contribution in [0.25, 0.3) is 5.57 Å². The molecule has 0 N–H and O–H groups in total. The quantitative estimate of drug-likeness (QED) is 0.693. The Bertz CT molecular complexity index is 928. The highest BCUT2D eigenvalue weighted by Gasteiger charge is 2.41. The van der Waals surface area contributed by atoms with Crippen molar-refractivity contribution in [3.05, 3.63) is 68.7 Å². The fourth-order valence-electron chi connectivity index (χ4n) is 2.30. The lowest BCUT2D eigenvalue weighted by Crippen LogP contribution is -2.32. The van der Waals surface area contributed by atoms with Gasteiger partial charge >= 0.3 is 0 Å². The third kappa shape index (κ3) is 2.69. The van der Waals surface area contributed by atoms with Gasteiger partial charge in [0.05, 0.1) is 16.3 Å². The number of benzene rings is 2. The van der Waals surface area contributed by atoms with Gasteiger partial charge in [-0.2, -0.15) is 0 Å². The summed E-state index contributed by atoms with van der Waals surface area (Å²) in [4.78, 5) is 25.4. The van der Waals surface area contributed by atoms with Crippen LogP contribution in [-0.4, -0.2) is 11.8 Å². The van der Waals surface area contributed by atoms with Crippen molar-refractivity contribution in [1.29, 1.82) is 0 Å². The van der Waals surface area contributed by atoms with Crippen LogP contribution in [0.2, 0.25) is 10.0 Å². The average Bonchev–Trinajstić information content (AvgIpc) is 2.73. The molecule has 24 heavy (non-hydrogen) atoms. The number of rotatable bonds is 2. The van der Waals surface area contributed by atoms with E-state index in [1.54, 1.807) is 0 Å². The zero-order valence-corrected chi connectivity index (χ0v) is 13.9. The molecule has 1 aliphatic heterocycles. The molecule has 0 fully saturated rings. The second kappa shape index (κ2) is 6.16. The number of amides is 2. The van der Waals surface area contributed by atoms with Crippen molar-refractivity contribution in [2.24, 2.45) is 0 Å². The van der Waals surface area contributed by atoms with E-state index >= 15 is 0 Å². The SMILES string of the molecule is O=C1C(Cl)=C(c2ccc(Cl)cc2Cl)C(=O)N1c1cc(F)ccc1F. The van der Waals surface area contributed by atoms with E-state index in [4.69, 9.17) is 34.8 Å². The van der Waals surface area contributed by atoms with Crippen molar-refractivity contribution < 1.29 is 18.4 Å². The molecule has 8 heteroatoms. The van der Waals surface area contributed by atoms with E-state index in [0.29, 0.717) is 9.92 Å². The monoisotopic (exact) mass is 387 g/mol. The predicted octanol–water partition coefficient (Wildman–Crippen LogP) is 4.79. The first-order chi connectivity index (χ1) is 11.3. The molecule has 0 atom stereocenters. The number of halogens is 5. The van der Waals surface area contributed by atoms with Gasteiger partial charge in [0.25, 0.3) is 11.8 Å². The molecular weight excluding hydrogens is 383 g/mol. The summed E-state index contributed by atoms with van der Waals surface area (Å²) in [5, 5.41) is -0.0171. The zero-order valence-electron chi connectivity index (χ0n) is 11.6. The van der Waals surface area contributed by atoms with Crippen LogP contribution in [0.15, 0.2) is 41.4 Å². The zero-order chi connectivity index (χ0) is 17.6. The first-order valence-electron chi connectivity index (χ1n) is 6.50. The summed E-state index contributed by atoms with van der Waals surface area (Å²) in [6.07, 6.45) is 0. The van der Waals surface area contributed by atoms with Crippen LogP contribution in [0.4, 0.5) is 14.5 Å². The maximum absolute atomic E-state index is 13.9. The molecule has 0 spiro atoms. The van der Waals surface area contributed by atoms with E-state index in [-0.39, 0.29) is 16.2 Å². The van der Waals surface area contributed by atoms with Crippen LogP contribution in [0.1, 0.15) is 5.56 Å². The fourth-order valence-corrected chi connectivity index (χ4v) is 3.07. The van der Waals surface area contributed by atoms with Crippen molar-refractivity contribution >= 4 is 57.9 Å². The molecule has 0 aliphatic carbocycles. The molecule has 1 aliphatic rings. The molecule has 2 aromatic rings. The van der Waals surface area contributed by atoms with E-state index < -0.39 is 34.2 Å². The Hall–Kier alpha value is -1.95. The van der Waals surface area contributed by atoms with Crippen molar-refractivity contribution in [2.45, 2.75) is 0 Å². The van der Waals surface area contributed by atoms with Gasteiger partial charge in [-0.05, 0) is 24.3 Å². The lowest BCUT2D eigenvalue weighted by molar-refractivity contribution is -0.119. The number of nitrogens with zero attached hydrogens (tertiary/aromatic N) is 1. The molecule has 1 heterocycles. The van der Waals surface area contributed by atoms with Gasteiger partial charge < -0.3 is 0 Å². The molecule has 0 saturated heterocycles. The number of imide groups is 1. The normalized spacial score (nSPS) is 14.8. The van der Waals surface area contributed by atoms with Gasteiger partial charge in [-0.1, -0.05) is 40.9 Å². The molecule has 122 valence electrons. The summed E-state index contributed by atoms with van der Waals surface area (Å²) in [5.41, 5.74) is -0.557. The Morgan fingerprint density at radius 2 is 1.58 bits per heavy atom. The van der Waals surface area contributed by atoms with Crippen LogP contribution >= 0.6 is 34.8 Å². The standard InChI is InChI=1S/C16H6Cl3F2NO2/c17-7-1-3-9(10(18)5-7)13-14(19)16(24)22(15(13)23)12-6-8(20)2-4-11(12)21/h1-6H. The minimum Gasteiger partial charge on any atom is -0.268 e. The lowest BCUT2D eigenvalue weighted by atomic mass is 10.1. The summed E-state index contributed by atoms with van der Waals surface area (Å²) in [6.45, 7) is 0. The number of carbonyl (C=O) groups excluding carboxylic acids is 2. The molecule has 0 unspecified atom stereocenters. The average molecular weight is 389 g/mol. The number of anilines is 1. The largest absolute Gasteiger partial charge is 0.277 e. The summed E-state index contributed by atoms with van der Waals surface area (Å²) >= 11 is 17.8. The minimum atomic E-state index is -0.966. The smallest absolute Gasteiger partial charge is 0.268 e. The molecule has 0 saturated carbocycles. The van der Waals surface area contributed by atoms with Gasteiger partial charge in [0, 0.05) is 16.7 Å². The summed E-state index contributed by atoms with van der Waals surface area (Å²) < 4.78 is 27.3. The van der Waals surface area contributed by atoms with Crippen LogP contribution in [0.3, 0.4) is 0 Å². The van der Waals surface area contributed by atoms with E-state index in [1.165, 1.54) is 18.2 Å². The Kier molecular flexibility index (Phi) is 4.34. The number of carbonyl (C=O) groups is 2. The van der Waals surface area contributed by atoms with Gasteiger partial charge in [0.15, 0.2) is 0 Å². The minimum absolute atomic E-state index is 0.0957. The van der Waals surface area contributed by atoms with E-state index in [1.807, 2.05) is 0 Å². The van der Waals surface area contributed by atoms with Gasteiger partial charge in [-0.15, -0.1) is 0 Å². The highest BCUT2D eigenvalue weighted by atomic mass is 35.5. The Morgan fingerprint density at radius 1 is 0.875 bits per heavy atom. The van der Waals surface area contributed by atoms with E-state index in [0.717, 1.165) is 18.2 Å². The third-order valence-electron chi connectivity index (χ3n) is 3.38. The van der Waals surface area contributed by atoms with Crippen molar-refractivity contribution in [3.8, 4) is 0 Å². The molecular formula is C16H6Cl3F2NO2. The van der Waals surface area contributed by atoms with Crippen LogP contribution < -0.4 is 4.90 Å².